The van der Waals surface area contributed by atoms with Crippen molar-refractivity contribution in [1.29, 1.82) is 0 Å². The SMILES string of the molecule is Cc1csc(-c2nc(CCC(=O)O)cs2)n1. The fourth-order valence-corrected chi connectivity index (χ4v) is 2.91. The van der Waals surface area contributed by atoms with Gasteiger partial charge in [-0.1, -0.05) is 0 Å². The van der Waals surface area contributed by atoms with E-state index in [1.807, 2.05) is 17.7 Å². The summed E-state index contributed by atoms with van der Waals surface area (Å²) in [6.45, 7) is 1.94. The summed E-state index contributed by atoms with van der Waals surface area (Å²) in [7, 11) is 0. The van der Waals surface area contributed by atoms with Gasteiger partial charge in [-0.3, -0.25) is 4.79 Å². The standard InChI is InChI=1S/C10H10N2O2S2/c1-6-4-15-9(11-6)10-12-7(5-16-10)2-3-8(13)14/h4-5H,2-3H2,1H3,(H,13,14). The van der Waals surface area contributed by atoms with Crippen LogP contribution in [-0.4, -0.2) is 21.0 Å². The second kappa shape index (κ2) is 4.71. The number of carbonyl (C=O) groups is 1. The Morgan fingerprint density at radius 2 is 2.00 bits per heavy atom. The van der Waals surface area contributed by atoms with E-state index < -0.39 is 5.97 Å². The fraction of sp³-hybridized carbons (Fsp3) is 0.300. The number of aryl methyl sites for hydroxylation is 2. The van der Waals surface area contributed by atoms with Crippen molar-refractivity contribution in [2.45, 2.75) is 19.8 Å². The molecule has 0 aliphatic rings. The van der Waals surface area contributed by atoms with E-state index >= 15 is 0 Å². The van der Waals surface area contributed by atoms with Crippen LogP contribution in [0.1, 0.15) is 17.8 Å². The highest BCUT2D eigenvalue weighted by atomic mass is 32.1. The molecule has 0 atom stereocenters. The molecule has 0 bridgehead atoms. The minimum absolute atomic E-state index is 0.125. The van der Waals surface area contributed by atoms with Gasteiger partial charge in [-0.25, -0.2) is 9.97 Å². The molecule has 0 radical (unpaired) electrons. The Morgan fingerprint density at radius 1 is 1.31 bits per heavy atom. The Hall–Kier alpha value is -1.27. The van der Waals surface area contributed by atoms with Crippen molar-refractivity contribution in [3.05, 3.63) is 22.1 Å². The topological polar surface area (TPSA) is 63.1 Å². The molecule has 0 saturated heterocycles. The number of thiazole rings is 2. The predicted octanol–water partition coefficient (Wildman–Crippen LogP) is 2.59. The molecule has 0 aliphatic heterocycles. The van der Waals surface area contributed by atoms with Crippen LogP contribution in [0.25, 0.3) is 10.0 Å². The molecule has 84 valence electrons. The number of hydrogen-bond acceptors (Lipinski definition) is 5. The fourth-order valence-electron chi connectivity index (χ4n) is 1.21. The summed E-state index contributed by atoms with van der Waals surface area (Å²) >= 11 is 3.07. The van der Waals surface area contributed by atoms with Crippen molar-refractivity contribution >= 4 is 28.6 Å². The van der Waals surface area contributed by atoms with Gasteiger partial charge in [0.1, 0.15) is 0 Å². The zero-order chi connectivity index (χ0) is 11.5. The first-order valence-electron chi connectivity index (χ1n) is 4.74. The molecule has 6 heteroatoms. The van der Waals surface area contributed by atoms with Crippen molar-refractivity contribution in [3.63, 3.8) is 0 Å². The van der Waals surface area contributed by atoms with Crippen LogP contribution in [0.2, 0.25) is 0 Å². The third-order valence-electron chi connectivity index (χ3n) is 1.95. The van der Waals surface area contributed by atoms with Crippen molar-refractivity contribution in [1.82, 2.24) is 9.97 Å². The molecule has 2 aromatic rings. The maximum absolute atomic E-state index is 10.4. The number of aromatic nitrogens is 2. The van der Waals surface area contributed by atoms with Crippen LogP contribution in [0, 0.1) is 6.92 Å². The molecule has 2 aromatic heterocycles. The number of rotatable bonds is 4. The van der Waals surface area contributed by atoms with Crippen molar-refractivity contribution < 1.29 is 9.90 Å². The van der Waals surface area contributed by atoms with Crippen LogP contribution >= 0.6 is 22.7 Å². The molecular weight excluding hydrogens is 244 g/mol. The molecular formula is C10H10N2O2S2. The Kier molecular flexibility index (Phi) is 3.31. The Bertz CT molecular complexity index is 504. The van der Waals surface area contributed by atoms with Gasteiger partial charge in [0.25, 0.3) is 0 Å². The lowest BCUT2D eigenvalue weighted by Gasteiger charge is -1.90. The molecule has 0 aromatic carbocycles. The molecule has 0 saturated carbocycles. The first kappa shape index (κ1) is 11.2. The third kappa shape index (κ3) is 2.65. The summed E-state index contributed by atoms with van der Waals surface area (Å²) in [6, 6.07) is 0. The number of aliphatic carboxylic acids is 1. The van der Waals surface area contributed by atoms with Crippen LogP contribution in [0.3, 0.4) is 0 Å². The van der Waals surface area contributed by atoms with Crippen LogP contribution in [0.15, 0.2) is 10.8 Å². The number of hydrogen-bond donors (Lipinski definition) is 1. The Morgan fingerprint density at radius 3 is 2.62 bits per heavy atom. The summed E-state index contributed by atoms with van der Waals surface area (Å²) in [5.74, 6) is -0.792. The molecule has 0 unspecified atom stereocenters. The monoisotopic (exact) mass is 254 g/mol. The summed E-state index contributed by atoms with van der Waals surface area (Å²) in [6.07, 6.45) is 0.607. The van der Waals surface area contributed by atoms with Crippen molar-refractivity contribution in [3.8, 4) is 10.0 Å². The van der Waals surface area contributed by atoms with E-state index in [2.05, 4.69) is 9.97 Å². The number of carboxylic acid groups (broad SMARTS) is 1. The van der Waals surface area contributed by atoms with E-state index in [0.29, 0.717) is 6.42 Å². The van der Waals surface area contributed by atoms with Crippen LogP contribution < -0.4 is 0 Å². The van der Waals surface area contributed by atoms with Crippen LogP contribution in [0.5, 0.6) is 0 Å². The zero-order valence-electron chi connectivity index (χ0n) is 8.64. The smallest absolute Gasteiger partial charge is 0.303 e. The van der Waals surface area contributed by atoms with Gasteiger partial charge in [-0.2, -0.15) is 0 Å². The minimum Gasteiger partial charge on any atom is -0.481 e. The van der Waals surface area contributed by atoms with Crippen LogP contribution in [0.4, 0.5) is 0 Å². The number of nitrogens with zero attached hydrogens (tertiary/aromatic N) is 2. The van der Waals surface area contributed by atoms with E-state index in [-0.39, 0.29) is 6.42 Å². The molecule has 2 heterocycles. The maximum atomic E-state index is 10.4. The normalized spacial score (nSPS) is 10.6. The van der Waals surface area contributed by atoms with Gasteiger partial charge in [-0.05, 0) is 6.92 Å². The molecule has 4 nitrogen and oxygen atoms in total. The van der Waals surface area contributed by atoms with E-state index in [9.17, 15) is 4.79 Å². The Balaban J connectivity index is 2.10. The molecule has 2 rings (SSSR count). The highest BCUT2D eigenvalue weighted by Crippen LogP contribution is 2.27. The second-order valence-electron chi connectivity index (χ2n) is 3.33. The van der Waals surface area contributed by atoms with Crippen molar-refractivity contribution in [2.75, 3.05) is 0 Å². The van der Waals surface area contributed by atoms with Gasteiger partial charge in [0, 0.05) is 22.9 Å². The lowest BCUT2D eigenvalue weighted by molar-refractivity contribution is -0.136. The highest BCUT2D eigenvalue weighted by Gasteiger charge is 2.09. The minimum atomic E-state index is -0.792. The molecule has 0 spiro atoms. The number of carboxylic acids is 1. The third-order valence-corrected chi connectivity index (χ3v) is 3.94. The molecule has 1 N–H and O–H groups in total. The van der Waals surface area contributed by atoms with Crippen molar-refractivity contribution in [2.24, 2.45) is 0 Å². The average molecular weight is 254 g/mol. The molecule has 16 heavy (non-hydrogen) atoms. The van der Waals surface area contributed by atoms with E-state index in [1.165, 1.54) is 11.3 Å². The second-order valence-corrected chi connectivity index (χ2v) is 5.05. The lowest BCUT2D eigenvalue weighted by Crippen LogP contribution is -1.97. The maximum Gasteiger partial charge on any atom is 0.303 e. The lowest BCUT2D eigenvalue weighted by atomic mass is 10.2. The van der Waals surface area contributed by atoms with Gasteiger partial charge in [0.15, 0.2) is 10.0 Å². The first-order chi connectivity index (χ1) is 7.65. The Labute approximate surface area is 101 Å². The van der Waals surface area contributed by atoms with E-state index in [1.54, 1.807) is 11.3 Å². The van der Waals surface area contributed by atoms with Gasteiger partial charge in [0.05, 0.1) is 12.1 Å². The van der Waals surface area contributed by atoms with Crippen LogP contribution in [-0.2, 0) is 11.2 Å². The summed E-state index contributed by atoms with van der Waals surface area (Å²) in [5.41, 5.74) is 1.82. The van der Waals surface area contributed by atoms with Gasteiger partial charge in [-0.15, -0.1) is 22.7 Å². The summed E-state index contributed by atoms with van der Waals surface area (Å²) in [4.78, 5) is 19.1. The average Bonchev–Trinajstić information content (AvgIpc) is 2.83. The summed E-state index contributed by atoms with van der Waals surface area (Å²) in [5, 5.41) is 14.2. The quantitative estimate of drug-likeness (QED) is 0.911. The van der Waals surface area contributed by atoms with E-state index in [4.69, 9.17) is 5.11 Å². The van der Waals surface area contributed by atoms with Gasteiger partial charge in [0.2, 0.25) is 0 Å². The van der Waals surface area contributed by atoms with E-state index in [0.717, 1.165) is 21.4 Å². The largest absolute Gasteiger partial charge is 0.481 e. The first-order valence-corrected chi connectivity index (χ1v) is 6.50. The summed E-state index contributed by atoms with van der Waals surface area (Å²) < 4.78 is 0. The molecule has 0 aliphatic carbocycles. The van der Waals surface area contributed by atoms with Gasteiger partial charge >= 0.3 is 5.97 Å². The molecule has 0 amide bonds. The molecule has 0 fully saturated rings. The highest BCUT2D eigenvalue weighted by molar-refractivity contribution is 7.19. The predicted molar refractivity (Wildman–Crippen MR) is 63.9 cm³/mol. The zero-order valence-corrected chi connectivity index (χ0v) is 10.3. The van der Waals surface area contributed by atoms with Gasteiger partial charge < -0.3 is 5.11 Å².